The third kappa shape index (κ3) is 3.01. The van der Waals surface area contributed by atoms with Crippen LogP contribution in [0.3, 0.4) is 0 Å². The average Bonchev–Trinajstić information content (AvgIpc) is 3.05. The fourth-order valence-electron chi connectivity index (χ4n) is 3.91. The molecule has 1 N–H and O–H groups in total. The van der Waals surface area contributed by atoms with Crippen molar-refractivity contribution in [2.45, 2.75) is 6.54 Å². The Bertz CT molecular complexity index is 1170. The van der Waals surface area contributed by atoms with Crippen LogP contribution in [0, 0.1) is 0 Å². The van der Waals surface area contributed by atoms with E-state index >= 15 is 0 Å². The number of thioether (sulfide) groups is 1. The number of carbonyl (C=O) groups is 1. The number of benzene rings is 2. The second kappa shape index (κ2) is 7.93. The Balaban J connectivity index is 2.06. The molecule has 0 bridgehead atoms. The van der Waals surface area contributed by atoms with Crippen molar-refractivity contribution in [1.29, 1.82) is 0 Å². The van der Waals surface area contributed by atoms with Gasteiger partial charge in [-0.2, -0.15) is 11.8 Å². The standard InChI is InChI=1S/C22H21NO5S/c1-27-16-8-7-15-17-19(13-5-3-4-6-14(13)20(17)25)23(9-11-29-12-10-24)22(26)18(15)21(16)28-2/h3-8,24H,9-12H2,1-2H3. The number of rotatable bonds is 7. The molecule has 29 heavy (non-hydrogen) atoms. The molecule has 1 aliphatic carbocycles. The van der Waals surface area contributed by atoms with Gasteiger partial charge < -0.3 is 19.1 Å². The van der Waals surface area contributed by atoms with Crippen LogP contribution in [0.4, 0.5) is 0 Å². The third-order valence-corrected chi connectivity index (χ3v) is 6.07. The fourth-order valence-corrected chi connectivity index (χ4v) is 4.56. The minimum Gasteiger partial charge on any atom is -0.493 e. The third-order valence-electron chi connectivity index (χ3n) is 5.13. The first-order valence-corrected chi connectivity index (χ1v) is 10.4. The summed E-state index contributed by atoms with van der Waals surface area (Å²) < 4.78 is 12.5. The summed E-state index contributed by atoms with van der Waals surface area (Å²) in [4.78, 5) is 26.8. The lowest BCUT2D eigenvalue weighted by Crippen LogP contribution is -2.25. The number of fused-ring (bicyclic) bond motifs is 5. The molecular formula is C22H21NO5S. The van der Waals surface area contributed by atoms with E-state index in [1.807, 2.05) is 18.2 Å². The van der Waals surface area contributed by atoms with Crippen LogP contribution in [0.5, 0.6) is 11.5 Å². The highest BCUT2D eigenvalue weighted by atomic mass is 32.2. The number of ketones is 1. The van der Waals surface area contributed by atoms with Crippen molar-refractivity contribution in [3.63, 3.8) is 0 Å². The van der Waals surface area contributed by atoms with Crippen molar-refractivity contribution in [2.24, 2.45) is 0 Å². The number of aliphatic hydroxyl groups excluding tert-OH is 1. The molecule has 1 aliphatic rings. The fraction of sp³-hybridized carbons (Fsp3) is 0.273. The summed E-state index contributed by atoms with van der Waals surface area (Å²) >= 11 is 1.56. The first-order valence-electron chi connectivity index (χ1n) is 9.28. The Labute approximate surface area is 172 Å². The van der Waals surface area contributed by atoms with E-state index in [1.165, 1.54) is 14.2 Å². The van der Waals surface area contributed by atoms with Crippen LogP contribution in [-0.2, 0) is 6.54 Å². The molecule has 0 unspecified atom stereocenters. The second-order valence-corrected chi connectivity index (χ2v) is 7.84. The normalized spacial score (nSPS) is 12.2. The Hall–Kier alpha value is -2.77. The summed E-state index contributed by atoms with van der Waals surface area (Å²) in [5.74, 6) is 1.92. The molecule has 1 aromatic heterocycles. The quantitative estimate of drug-likeness (QED) is 0.471. The van der Waals surface area contributed by atoms with Gasteiger partial charge >= 0.3 is 0 Å². The largest absolute Gasteiger partial charge is 0.493 e. The van der Waals surface area contributed by atoms with E-state index < -0.39 is 0 Å². The van der Waals surface area contributed by atoms with Gasteiger partial charge in [0, 0.05) is 34.6 Å². The van der Waals surface area contributed by atoms with Crippen molar-refractivity contribution in [3.8, 4) is 22.8 Å². The van der Waals surface area contributed by atoms with E-state index in [0.717, 1.165) is 5.56 Å². The number of hydrogen-bond donors (Lipinski definition) is 1. The molecule has 0 radical (unpaired) electrons. The van der Waals surface area contributed by atoms with Gasteiger partial charge in [0.15, 0.2) is 17.3 Å². The molecule has 0 fully saturated rings. The summed E-state index contributed by atoms with van der Waals surface area (Å²) in [6, 6.07) is 10.8. The van der Waals surface area contributed by atoms with Gasteiger partial charge in [-0.25, -0.2) is 0 Å². The first kappa shape index (κ1) is 19.5. The van der Waals surface area contributed by atoms with Gasteiger partial charge in [-0.05, 0) is 12.1 Å². The Morgan fingerprint density at radius 3 is 2.45 bits per heavy atom. The van der Waals surface area contributed by atoms with E-state index in [9.17, 15) is 9.59 Å². The zero-order chi connectivity index (χ0) is 20.5. The number of ether oxygens (including phenoxy) is 2. The molecule has 2 aromatic carbocycles. The predicted molar refractivity (Wildman–Crippen MR) is 115 cm³/mol. The number of pyridine rings is 1. The van der Waals surface area contributed by atoms with Gasteiger partial charge in [0.1, 0.15) is 0 Å². The maximum absolute atomic E-state index is 13.6. The molecule has 0 saturated carbocycles. The molecule has 0 spiro atoms. The highest BCUT2D eigenvalue weighted by Gasteiger charge is 2.33. The molecule has 7 heteroatoms. The Morgan fingerprint density at radius 2 is 1.76 bits per heavy atom. The molecule has 0 aliphatic heterocycles. The van der Waals surface area contributed by atoms with Gasteiger partial charge in [-0.15, -0.1) is 0 Å². The Kier molecular flexibility index (Phi) is 5.34. The van der Waals surface area contributed by atoms with Crippen LogP contribution in [0.25, 0.3) is 22.0 Å². The molecule has 4 rings (SSSR count). The van der Waals surface area contributed by atoms with E-state index in [4.69, 9.17) is 14.6 Å². The van der Waals surface area contributed by atoms with Gasteiger partial charge in [0.05, 0.1) is 37.5 Å². The number of aliphatic hydroxyl groups is 1. The van der Waals surface area contributed by atoms with Crippen LogP contribution >= 0.6 is 11.8 Å². The molecule has 150 valence electrons. The SMILES string of the molecule is COc1ccc2c3c(n(CCSCCO)c(=O)c2c1OC)-c1ccccc1C3=O. The van der Waals surface area contributed by atoms with Crippen LogP contribution in [0.15, 0.2) is 41.2 Å². The number of aromatic nitrogens is 1. The van der Waals surface area contributed by atoms with E-state index in [-0.39, 0.29) is 17.9 Å². The van der Waals surface area contributed by atoms with Crippen LogP contribution in [0.1, 0.15) is 15.9 Å². The van der Waals surface area contributed by atoms with Gasteiger partial charge in [-0.3, -0.25) is 9.59 Å². The molecule has 3 aromatic rings. The van der Waals surface area contributed by atoms with Crippen molar-refractivity contribution in [2.75, 3.05) is 32.3 Å². The topological polar surface area (TPSA) is 77.8 Å². The molecule has 6 nitrogen and oxygen atoms in total. The average molecular weight is 411 g/mol. The highest BCUT2D eigenvalue weighted by molar-refractivity contribution is 7.99. The predicted octanol–water partition coefficient (Wildman–Crippen LogP) is 2.96. The smallest absolute Gasteiger partial charge is 0.262 e. The highest BCUT2D eigenvalue weighted by Crippen LogP contribution is 2.43. The summed E-state index contributed by atoms with van der Waals surface area (Å²) in [6.45, 7) is 0.505. The minimum absolute atomic E-state index is 0.0851. The number of carbonyl (C=O) groups excluding carboxylic acids is 1. The minimum atomic E-state index is -0.219. The molecule has 0 amide bonds. The first-order chi connectivity index (χ1) is 14.1. The maximum Gasteiger partial charge on any atom is 0.262 e. The zero-order valence-corrected chi connectivity index (χ0v) is 17.0. The number of methoxy groups -OCH3 is 2. The lowest BCUT2D eigenvalue weighted by molar-refractivity contribution is 0.104. The Morgan fingerprint density at radius 1 is 1.00 bits per heavy atom. The van der Waals surface area contributed by atoms with E-state index in [1.54, 1.807) is 34.5 Å². The van der Waals surface area contributed by atoms with Crippen LogP contribution < -0.4 is 15.0 Å². The molecule has 0 atom stereocenters. The molecule has 0 saturated heterocycles. The van der Waals surface area contributed by atoms with Crippen molar-refractivity contribution in [1.82, 2.24) is 4.57 Å². The second-order valence-electron chi connectivity index (χ2n) is 6.61. The lowest BCUT2D eigenvalue weighted by atomic mass is 10.0. The van der Waals surface area contributed by atoms with E-state index in [2.05, 4.69) is 0 Å². The van der Waals surface area contributed by atoms with Crippen molar-refractivity contribution < 1.29 is 19.4 Å². The van der Waals surface area contributed by atoms with Crippen LogP contribution in [-0.4, -0.2) is 47.8 Å². The van der Waals surface area contributed by atoms with Gasteiger partial charge in [-0.1, -0.05) is 24.3 Å². The maximum atomic E-state index is 13.6. The molecular weight excluding hydrogens is 390 g/mol. The summed E-state index contributed by atoms with van der Waals surface area (Å²) in [5, 5.41) is 9.96. The van der Waals surface area contributed by atoms with Gasteiger partial charge in [0.2, 0.25) is 0 Å². The summed E-state index contributed by atoms with van der Waals surface area (Å²) in [5.41, 5.74) is 2.33. The lowest BCUT2D eigenvalue weighted by Gasteiger charge is -2.17. The van der Waals surface area contributed by atoms with Gasteiger partial charge in [0.25, 0.3) is 5.56 Å². The zero-order valence-electron chi connectivity index (χ0n) is 16.2. The van der Waals surface area contributed by atoms with Crippen molar-refractivity contribution in [3.05, 3.63) is 57.9 Å². The van der Waals surface area contributed by atoms with E-state index in [0.29, 0.717) is 57.1 Å². The molecule has 1 heterocycles. The monoisotopic (exact) mass is 411 g/mol. The summed E-state index contributed by atoms with van der Waals surface area (Å²) in [7, 11) is 3.00. The van der Waals surface area contributed by atoms with Crippen LogP contribution in [0.2, 0.25) is 0 Å². The summed E-state index contributed by atoms with van der Waals surface area (Å²) in [6.07, 6.45) is 0. The number of hydrogen-bond acceptors (Lipinski definition) is 6. The van der Waals surface area contributed by atoms with Crippen molar-refractivity contribution >= 4 is 28.3 Å². The number of nitrogens with zero attached hydrogens (tertiary/aromatic N) is 1.